The molecular weight excluding hydrogens is 257 g/mol. The Kier molecular flexibility index (Phi) is 5.75. The Morgan fingerprint density at radius 1 is 1.32 bits per heavy atom. The van der Waals surface area contributed by atoms with E-state index in [9.17, 15) is 4.39 Å². The van der Waals surface area contributed by atoms with Gasteiger partial charge in [0.15, 0.2) is 0 Å². The SMILES string of the molecule is NCC#Cc1cc(CSCC2CCCC2)ccc1F. The summed E-state index contributed by atoms with van der Waals surface area (Å²) in [7, 11) is 0. The molecule has 0 radical (unpaired) electrons. The Balaban J connectivity index is 1.89. The third-order valence-electron chi connectivity index (χ3n) is 3.45. The molecule has 0 atom stereocenters. The van der Waals surface area contributed by atoms with E-state index in [1.54, 1.807) is 0 Å². The summed E-state index contributed by atoms with van der Waals surface area (Å²) < 4.78 is 13.5. The Bertz CT molecular complexity index is 469. The molecule has 3 heteroatoms. The van der Waals surface area contributed by atoms with Crippen LogP contribution in [0.25, 0.3) is 0 Å². The number of hydrogen-bond acceptors (Lipinski definition) is 2. The van der Waals surface area contributed by atoms with Gasteiger partial charge in [-0.1, -0.05) is 30.7 Å². The molecule has 1 aromatic rings. The summed E-state index contributed by atoms with van der Waals surface area (Å²) in [6.45, 7) is 0.264. The maximum Gasteiger partial charge on any atom is 0.138 e. The van der Waals surface area contributed by atoms with Crippen LogP contribution in [0.4, 0.5) is 4.39 Å². The largest absolute Gasteiger partial charge is 0.320 e. The van der Waals surface area contributed by atoms with Crippen molar-refractivity contribution in [2.45, 2.75) is 31.4 Å². The zero-order valence-corrected chi connectivity index (χ0v) is 11.9. The fraction of sp³-hybridized carbons (Fsp3) is 0.500. The normalized spacial score (nSPS) is 15.3. The standard InChI is InChI=1S/C16H20FNS/c17-16-8-7-14(10-15(16)6-3-9-18)12-19-11-13-4-1-2-5-13/h7-8,10,13H,1-2,4-5,9,11-12,18H2. The van der Waals surface area contributed by atoms with E-state index in [2.05, 4.69) is 11.8 Å². The van der Waals surface area contributed by atoms with Gasteiger partial charge in [0.1, 0.15) is 5.82 Å². The lowest BCUT2D eigenvalue weighted by Crippen LogP contribution is -1.97. The third-order valence-corrected chi connectivity index (χ3v) is 4.70. The minimum atomic E-state index is -0.259. The molecule has 1 aromatic carbocycles. The Morgan fingerprint density at radius 2 is 2.11 bits per heavy atom. The lowest BCUT2D eigenvalue weighted by atomic mass is 10.1. The van der Waals surface area contributed by atoms with Crippen molar-refractivity contribution in [2.75, 3.05) is 12.3 Å². The van der Waals surface area contributed by atoms with Crippen molar-refractivity contribution in [1.29, 1.82) is 0 Å². The zero-order valence-electron chi connectivity index (χ0n) is 11.1. The molecule has 1 fully saturated rings. The average Bonchev–Trinajstić information content (AvgIpc) is 2.92. The van der Waals surface area contributed by atoms with Gasteiger partial charge in [0.05, 0.1) is 12.1 Å². The van der Waals surface area contributed by atoms with Gasteiger partial charge in [-0.3, -0.25) is 0 Å². The number of hydrogen-bond donors (Lipinski definition) is 1. The molecule has 1 aliphatic rings. The molecule has 0 heterocycles. The van der Waals surface area contributed by atoms with E-state index in [1.807, 2.05) is 23.9 Å². The van der Waals surface area contributed by atoms with E-state index in [-0.39, 0.29) is 12.4 Å². The van der Waals surface area contributed by atoms with E-state index in [1.165, 1.54) is 37.5 Å². The van der Waals surface area contributed by atoms with Gasteiger partial charge >= 0.3 is 0 Å². The van der Waals surface area contributed by atoms with Gasteiger partial charge in [0.2, 0.25) is 0 Å². The summed E-state index contributed by atoms with van der Waals surface area (Å²) in [6.07, 6.45) is 5.54. The van der Waals surface area contributed by atoms with E-state index in [4.69, 9.17) is 5.73 Å². The molecule has 0 unspecified atom stereocenters. The molecule has 102 valence electrons. The molecule has 1 saturated carbocycles. The fourth-order valence-corrected chi connectivity index (χ4v) is 3.62. The lowest BCUT2D eigenvalue weighted by molar-refractivity contribution is 0.622. The first-order valence-electron chi connectivity index (χ1n) is 6.84. The van der Waals surface area contributed by atoms with E-state index in [0.717, 1.165) is 17.2 Å². The van der Waals surface area contributed by atoms with E-state index >= 15 is 0 Å². The second-order valence-electron chi connectivity index (χ2n) is 4.99. The van der Waals surface area contributed by atoms with Gasteiger partial charge < -0.3 is 5.73 Å². The van der Waals surface area contributed by atoms with Crippen LogP contribution in [0.2, 0.25) is 0 Å². The fourth-order valence-electron chi connectivity index (χ4n) is 2.42. The molecule has 19 heavy (non-hydrogen) atoms. The van der Waals surface area contributed by atoms with Gasteiger partial charge in [-0.15, -0.1) is 0 Å². The molecule has 0 spiro atoms. The molecule has 0 aromatic heterocycles. The quantitative estimate of drug-likeness (QED) is 0.852. The van der Waals surface area contributed by atoms with Crippen molar-refractivity contribution in [3.63, 3.8) is 0 Å². The summed E-state index contributed by atoms with van der Waals surface area (Å²) in [6, 6.07) is 5.20. The minimum absolute atomic E-state index is 0.259. The first-order valence-corrected chi connectivity index (χ1v) is 8.00. The van der Waals surface area contributed by atoms with Crippen LogP contribution in [0.1, 0.15) is 36.8 Å². The van der Waals surface area contributed by atoms with Crippen molar-refractivity contribution in [3.8, 4) is 11.8 Å². The van der Waals surface area contributed by atoms with Crippen molar-refractivity contribution in [1.82, 2.24) is 0 Å². The van der Waals surface area contributed by atoms with E-state index < -0.39 is 0 Å². The molecule has 0 bridgehead atoms. The lowest BCUT2D eigenvalue weighted by Gasteiger charge is -2.08. The number of rotatable bonds is 4. The van der Waals surface area contributed by atoms with Gasteiger partial charge in [-0.2, -0.15) is 11.8 Å². The smallest absolute Gasteiger partial charge is 0.138 e. The van der Waals surface area contributed by atoms with Crippen LogP contribution >= 0.6 is 11.8 Å². The molecule has 0 aliphatic heterocycles. The zero-order chi connectivity index (χ0) is 13.5. The summed E-state index contributed by atoms with van der Waals surface area (Å²) in [5, 5.41) is 0. The highest BCUT2D eigenvalue weighted by atomic mass is 32.2. The van der Waals surface area contributed by atoms with Gasteiger partial charge in [-0.05, 0) is 42.2 Å². The van der Waals surface area contributed by atoms with Gasteiger partial charge in [0, 0.05) is 5.75 Å². The molecule has 0 saturated heterocycles. The monoisotopic (exact) mass is 277 g/mol. The van der Waals surface area contributed by atoms with Gasteiger partial charge in [0.25, 0.3) is 0 Å². The van der Waals surface area contributed by atoms with Gasteiger partial charge in [-0.25, -0.2) is 4.39 Å². The topological polar surface area (TPSA) is 26.0 Å². The Labute approximate surface area is 119 Å². The number of nitrogens with two attached hydrogens (primary N) is 1. The van der Waals surface area contributed by atoms with Crippen LogP contribution in [0, 0.1) is 23.6 Å². The molecule has 1 aliphatic carbocycles. The van der Waals surface area contributed by atoms with Crippen LogP contribution in [-0.4, -0.2) is 12.3 Å². The second kappa shape index (κ2) is 7.57. The van der Waals surface area contributed by atoms with Crippen LogP contribution < -0.4 is 5.73 Å². The maximum absolute atomic E-state index is 13.5. The van der Waals surface area contributed by atoms with Crippen LogP contribution in [-0.2, 0) is 5.75 Å². The highest BCUT2D eigenvalue weighted by molar-refractivity contribution is 7.98. The third kappa shape index (κ3) is 4.56. The highest BCUT2D eigenvalue weighted by Crippen LogP contribution is 2.29. The predicted octanol–water partition coefficient (Wildman–Crippen LogP) is 3.56. The van der Waals surface area contributed by atoms with E-state index in [0.29, 0.717) is 5.56 Å². The summed E-state index contributed by atoms with van der Waals surface area (Å²) in [5.74, 6) is 8.28. The second-order valence-corrected chi connectivity index (χ2v) is 6.02. The molecule has 2 rings (SSSR count). The Morgan fingerprint density at radius 3 is 2.84 bits per heavy atom. The minimum Gasteiger partial charge on any atom is -0.320 e. The summed E-state index contributed by atoms with van der Waals surface area (Å²) >= 11 is 1.95. The first-order chi connectivity index (χ1) is 9.29. The van der Waals surface area contributed by atoms with Crippen molar-refractivity contribution in [2.24, 2.45) is 11.7 Å². The number of thioether (sulfide) groups is 1. The highest BCUT2D eigenvalue weighted by Gasteiger charge is 2.14. The summed E-state index contributed by atoms with van der Waals surface area (Å²) in [4.78, 5) is 0. The first kappa shape index (κ1) is 14.4. The number of benzene rings is 1. The molecule has 2 N–H and O–H groups in total. The van der Waals surface area contributed by atoms with Crippen LogP contribution in [0.5, 0.6) is 0 Å². The molecular formula is C16H20FNS. The number of halogens is 1. The average molecular weight is 277 g/mol. The molecule has 1 nitrogen and oxygen atoms in total. The van der Waals surface area contributed by atoms with Crippen LogP contribution in [0.15, 0.2) is 18.2 Å². The Hall–Kier alpha value is -0.980. The van der Waals surface area contributed by atoms with Crippen molar-refractivity contribution >= 4 is 11.8 Å². The maximum atomic E-state index is 13.5. The molecule has 0 amide bonds. The van der Waals surface area contributed by atoms with Crippen LogP contribution in [0.3, 0.4) is 0 Å². The van der Waals surface area contributed by atoms with Crippen molar-refractivity contribution < 1.29 is 4.39 Å². The predicted molar refractivity (Wildman–Crippen MR) is 80.5 cm³/mol. The van der Waals surface area contributed by atoms with Crippen molar-refractivity contribution in [3.05, 3.63) is 35.1 Å². The summed E-state index contributed by atoms with van der Waals surface area (Å²) in [5.41, 5.74) is 6.92.